The highest BCUT2D eigenvalue weighted by Gasteiger charge is 2.61. The smallest absolute Gasteiger partial charge is 0.338 e. The molecular weight excluding hydrogens is 376 g/mol. The number of nitrogens with zero attached hydrogens (tertiary/aromatic N) is 2. The third-order valence-electron chi connectivity index (χ3n) is 6.86. The average Bonchev–Trinajstić information content (AvgIpc) is 2.97. The zero-order valence-corrected chi connectivity index (χ0v) is 17.4. The molecule has 5 nitrogen and oxygen atoms in total. The van der Waals surface area contributed by atoms with Gasteiger partial charge >= 0.3 is 5.97 Å². The number of carbonyl (C=O) groups excluding carboxylic acids is 1. The molecule has 1 aliphatic carbocycles. The van der Waals surface area contributed by atoms with Gasteiger partial charge in [0.2, 0.25) is 0 Å². The Balaban J connectivity index is 1.58. The molecule has 5 heteroatoms. The van der Waals surface area contributed by atoms with E-state index in [9.17, 15) is 9.90 Å². The molecule has 6 unspecified atom stereocenters. The van der Waals surface area contributed by atoms with Crippen molar-refractivity contribution < 1.29 is 14.6 Å². The second kappa shape index (κ2) is 7.70. The van der Waals surface area contributed by atoms with Crippen molar-refractivity contribution >= 4 is 12.0 Å². The summed E-state index contributed by atoms with van der Waals surface area (Å²) in [5, 5.41) is 20.1. The minimum Gasteiger partial charge on any atom is -0.460 e. The van der Waals surface area contributed by atoms with Crippen LogP contribution in [0.3, 0.4) is 0 Å². The molecule has 1 saturated heterocycles. The molecule has 6 atom stereocenters. The normalized spacial score (nSPS) is 33.2. The first-order chi connectivity index (χ1) is 14.3. The number of aromatic nitrogens is 1. The maximum Gasteiger partial charge on any atom is 0.338 e. The summed E-state index contributed by atoms with van der Waals surface area (Å²) in [5.41, 5.74) is 1.92. The molecule has 0 spiro atoms. The van der Waals surface area contributed by atoms with Gasteiger partial charge in [0.25, 0.3) is 0 Å². The van der Waals surface area contributed by atoms with E-state index in [1.54, 1.807) is 12.3 Å². The number of ether oxygens (including phenoxy) is 1. The van der Waals surface area contributed by atoms with Crippen LogP contribution in [-0.2, 0) is 9.53 Å². The van der Waals surface area contributed by atoms with Crippen molar-refractivity contribution in [3.8, 4) is 17.2 Å². The summed E-state index contributed by atoms with van der Waals surface area (Å²) in [5.74, 6) is -0.188. The first-order valence-electron chi connectivity index (χ1n) is 10.4. The SMILES string of the molecule is CC1CC2(O)C(=O)OC(C)C2C(/C=C/c2ccc(-c3cccc(C#N)c3)cn2)C1C. The number of esters is 1. The lowest BCUT2D eigenvalue weighted by molar-refractivity contribution is -0.160. The Labute approximate surface area is 177 Å². The first-order valence-corrected chi connectivity index (χ1v) is 10.4. The molecule has 154 valence electrons. The zero-order chi connectivity index (χ0) is 21.5. The molecule has 0 radical (unpaired) electrons. The minimum absolute atomic E-state index is 0.0222. The van der Waals surface area contributed by atoms with E-state index in [1.165, 1.54) is 0 Å². The number of aliphatic hydroxyl groups is 1. The number of hydrogen-bond acceptors (Lipinski definition) is 5. The second-order valence-electron chi connectivity index (χ2n) is 8.70. The number of cyclic esters (lactones) is 1. The second-order valence-corrected chi connectivity index (χ2v) is 8.70. The summed E-state index contributed by atoms with van der Waals surface area (Å²) in [6.07, 6.45) is 5.97. The largest absolute Gasteiger partial charge is 0.460 e. The van der Waals surface area contributed by atoms with Gasteiger partial charge in [-0.25, -0.2) is 4.79 Å². The van der Waals surface area contributed by atoms with Gasteiger partial charge in [-0.05, 0) is 60.9 Å². The van der Waals surface area contributed by atoms with Crippen LogP contribution in [0.25, 0.3) is 17.2 Å². The molecule has 0 amide bonds. The van der Waals surface area contributed by atoms with Gasteiger partial charge in [-0.15, -0.1) is 0 Å². The Morgan fingerprint density at radius 1 is 1.23 bits per heavy atom. The van der Waals surface area contributed by atoms with E-state index in [-0.39, 0.29) is 23.9 Å². The summed E-state index contributed by atoms with van der Waals surface area (Å²) in [6.45, 7) is 6.12. The lowest BCUT2D eigenvalue weighted by Gasteiger charge is -2.44. The predicted octanol–water partition coefficient (Wildman–Crippen LogP) is 4.22. The molecule has 1 aliphatic heterocycles. The lowest BCUT2D eigenvalue weighted by Crippen LogP contribution is -2.52. The van der Waals surface area contributed by atoms with E-state index in [0.717, 1.165) is 16.8 Å². The van der Waals surface area contributed by atoms with E-state index in [0.29, 0.717) is 17.9 Å². The van der Waals surface area contributed by atoms with Gasteiger partial charge in [0.1, 0.15) is 6.10 Å². The van der Waals surface area contributed by atoms with Crippen LogP contribution in [0, 0.1) is 35.0 Å². The Morgan fingerprint density at radius 2 is 2.03 bits per heavy atom. The van der Waals surface area contributed by atoms with E-state index in [1.807, 2.05) is 43.3 Å². The van der Waals surface area contributed by atoms with E-state index >= 15 is 0 Å². The molecule has 30 heavy (non-hydrogen) atoms. The summed E-state index contributed by atoms with van der Waals surface area (Å²) in [6, 6.07) is 13.5. The van der Waals surface area contributed by atoms with Crippen LogP contribution in [0.1, 0.15) is 38.4 Å². The van der Waals surface area contributed by atoms with Crippen molar-refractivity contribution in [3.05, 3.63) is 59.9 Å². The van der Waals surface area contributed by atoms with Crippen molar-refractivity contribution in [2.45, 2.75) is 38.9 Å². The molecule has 4 rings (SSSR count). The van der Waals surface area contributed by atoms with Gasteiger partial charge in [-0.2, -0.15) is 5.26 Å². The lowest BCUT2D eigenvalue weighted by atomic mass is 9.60. The number of benzene rings is 1. The number of pyridine rings is 1. The van der Waals surface area contributed by atoms with E-state index in [2.05, 4.69) is 31.0 Å². The fraction of sp³-hybridized carbons (Fsp3) is 0.400. The van der Waals surface area contributed by atoms with Crippen molar-refractivity contribution in [3.63, 3.8) is 0 Å². The van der Waals surface area contributed by atoms with Crippen LogP contribution < -0.4 is 0 Å². The fourth-order valence-corrected chi connectivity index (χ4v) is 5.05. The molecule has 2 aromatic rings. The Bertz CT molecular complexity index is 1020. The molecule has 2 heterocycles. The Kier molecular flexibility index (Phi) is 5.21. The van der Waals surface area contributed by atoms with Crippen molar-refractivity contribution in [1.29, 1.82) is 5.26 Å². The highest BCUT2D eigenvalue weighted by Crippen LogP contribution is 2.51. The average molecular weight is 402 g/mol. The van der Waals surface area contributed by atoms with Gasteiger partial charge in [0, 0.05) is 17.7 Å². The van der Waals surface area contributed by atoms with Crippen LogP contribution in [0.5, 0.6) is 0 Å². The predicted molar refractivity (Wildman–Crippen MR) is 114 cm³/mol. The van der Waals surface area contributed by atoms with E-state index < -0.39 is 11.6 Å². The standard InChI is InChI=1S/C25H26N2O3/c1-15-12-25(29)23(17(3)30-24(25)28)22(16(15)2)10-9-21-8-7-20(14-27-21)19-6-4-5-18(11-19)13-26/h4-11,14-17,22-23,29H,12H2,1-3H3/b10-9+. The molecule has 2 fully saturated rings. The number of allylic oxidation sites excluding steroid dienone is 1. The number of fused-ring (bicyclic) bond motifs is 1. The van der Waals surface area contributed by atoms with Gasteiger partial charge < -0.3 is 9.84 Å². The third kappa shape index (κ3) is 3.42. The fourth-order valence-electron chi connectivity index (χ4n) is 5.05. The Hall–Kier alpha value is -2.97. The van der Waals surface area contributed by atoms with Gasteiger partial charge in [0.05, 0.1) is 17.3 Å². The van der Waals surface area contributed by atoms with Crippen molar-refractivity contribution in [2.75, 3.05) is 0 Å². The summed E-state index contributed by atoms with van der Waals surface area (Å²) < 4.78 is 5.41. The minimum atomic E-state index is -1.40. The molecule has 0 bridgehead atoms. The number of hydrogen-bond donors (Lipinski definition) is 1. The summed E-state index contributed by atoms with van der Waals surface area (Å²) in [4.78, 5) is 16.8. The molecule has 1 aromatic heterocycles. The number of nitriles is 1. The highest BCUT2D eigenvalue weighted by molar-refractivity contribution is 5.82. The van der Waals surface area contributed by atoms with Crippen LogP contribution in [-0.4, -0.2) is 27.8 Å². The maximum absolute atomic E-state index is 12.3. The first kappa shape index (κ1) is 20.3. The van der Waals surface area contributed by atoms with Crippen LogP contribution in [0.15, 0.2) is 48.7 Å². The van der Waals surface area contributed by atoms with Crippen molar-refractivity contribution in [2.24, 2.45) is 23.7 Å². The zero-order valence-electron chi connectivity index (χ0n) is 17.4. The Morgan fingerprint density at radius 3 is 2.73 bits per heavy atom. The maximum atomic E-state index is 12.3. The van der Waals surface area contributed by atoms with Crippen LogP contribution in [0.4, 0.5) is 0 Å². The molecule has 1 aromatic carbocycles. The third-order valence-corrected chi connectivity index (χ3v) is 6.86. The number of carbonyl (C=O) groups is 1. The quantitative estimate of drug-likeness (QED) is 0.777. The highest BCUT2D eigenvalue weighted by atomic mass is 16.6. The van der Waals surface area contributed by atoms with Crippen LogP contribution >= 0.6 is 0 Å². The molecule has 1 N–H and O–H groups in total. The van der Waals surface area contributed by atoms with Gasteiger partial charge in [-0.1, -0.05) is 38.1 Å². The molecule has 2 aliphatic rings. The van der Waals surface area contributed by atoms with Crippen LogP contribution in [0.2, 0.25) is 0 Å². The molecule has 1 saturated carbocycles. The molecular formula is C25H26N2O3. The summed E-state index contributed by atoms with van der Waals surface area (Å²) in [7, 11) is 0. The topological polar surface area (TPSA) is 83.2 Å². The van der Waals surface area contributed by atoms with Gasteiger partial charge in [-0.3, -0.25) is 4.98 Å². The summed E-state index contributed by atoms with van der Waals surface area (Å²) >= 11 is 0. The van der Waals surface area contributed by atoms with Gasteiger partial charge in [0.15, 0.2) is 5.60 Å². The van der Waals surface area contributed by atoms with E-state index in [4.69, 9.17) is 10.00 Å². The van der Waals surface area contributed by atoms with Crippen molar-refractivity contribution in [1.82, 2.24) is 4.98 Å². The number of rotatable bonds is 3. The monoisotopic (exact) mass is 402 g/mol.